The lowest BCUT2D eigenvalue weighted by Crippen LogP contribution is -2.55. The molecule has 2 unspecified atom stereocenters. The molecular weight excluding hydrogens is 346 g/mol. The highest BCUT2D eigenvalue weighted by Crippen LogP contribution is 2.38. The van der Waals surface area contributed by atoms with Gasteiger partial charge in [0, 0.05) is 16.4 Å². The quantitative estimate of drug-likeness (QED) is 0.859. The number of aliphatic carboxylic acids is 1. The molecule has 1 saturated carbocycles. The van der Waals surface area contributed by atoms with E-state index < -0.39 is 26.6 Å². The van der Waals surface area contributed by atoms with Crippen LogP contribution in [0.4, 0.5) is 5.69 Å². The molecule has 0 spiro atoms. The molecule has 110 valence electrons. The number of anilines is 1. The highest BCUT2D eigenvalue weighted by Gasteiger charge is 2.54. The van der Waals surface area contributed by atoms with Gasteiger partial charge in [-0.2, -0.15) is 0 Å². The Morgan fingerprint density at radius 3 is 2.75 bits per heavy atom. The van der Waals surface area contributed by atoms with Crippen molar-refractivity contribution in [3.8, 4) is 0 Å². The third-order valence-electron chi connectivity index (χ3n) is 3.68. The number of rotatable bonds is 4. The summed E-state index contributed by atoms with van der Waals surface area (Å²) >= 11 is 3.32. The van der Waals surface area contributed by atoms with Crippen molar-refractivity contribution in [2.45, 2.75) is 30.1 Å². The number of sulfone groups is 1. The van der Waals surface area contributed by atoms with E-state index >= 15 is 0 Å². The summed E-state index contributed by atoms with van der Waals surface area (Å²) in [6.07, 6.45) is 2.34. The number of carboxylic acid groups (broad SMARTS) is 1. The van der Waals surface area contributed by atoms with E-state index in [4.69, 9.17) is 0 Å². The second-order valence-electron chi connectivity index (χ2n) is 5.12. The molecule has 0 saturated heterocycles. The predicted molar refractivity (Wildman–Crippen MR) is 80.6 cm³/mol. The molecule has 0 aliphatic heterocycles. The SMILES string of the molecule is CS(=O)(=O)C1CCCC1(Nc1cccc(Br)c1)C(=O)O. The lowest BCUT2D eigenvalue weighted by atomic mass is 9.96. The third-order valence-corrected chi connectivity index (χ3v) is 5.84. The Bertz CT molecular complexity index is 631. The minimum Gasteiger partial charge on any atom is -0.479 e. The van der Waals surface area contributed by atoms with Gasteiger partial charge in [0.1, 0.15) is 0 Å². The van der Waals surface area contributed by atoms with E-state index in [9.17, 15) is 18.3 Å². The summed E-state index contributed by atoms with van der Waals surface area (Å²) in [5.41, 5.74) is -0.855. The molecule has 0 heterocycles. The van der Waals surface area contributed by atoms with Gasteiger partial charge in [0.05, 0.1) is 5.25 Å². The monoisotopic (exact) mass is 361 g/mol. The first-order valence-electron chi connectivity index (χ1n) is 6.22. The number of carbonyl (C=O) groups is 1. The lowest BCUT2D eigenvalue weighted by Gasteiger charge is -2.32. The molecule has 2 N–H and O–H groups in total. The van der Waals surface area contributed by atoms with Gasteiger partial charge in [0.25, 0.3) is 0 Å². The van der Waals surface area contributed by atoms with E-state index in [2.05, 4.69) is 21.2 Å². The van der Waals surface area contributed by atoms with Gasteiger partial charge < -0.3 is 10.4 Å². The predicted octanol–water partition coefficient (Wildman–Crippen LogP) is 2.28. The van der Waals surface area contributed by atoms with Crippen LogP contribution in [0, 0.1) is 0 Å². The molecule has 0 radical (unpaired) electrons. The molecule has 2 atom stereocenters. The van der Waals surface area contributed by atoms with E-state index in [0.29, 0.717) is 24.9 Å². The number of carboxylic acids is 1. The average molecular weight is 362 g/mol. The number of hydrogen-bond donors (Lipinski definition) is 2. The highest BCUT2D eigenvalue weighted by molar-refractivity contribution is 9.10. The molecule has 1 aromatic carbocycles. The lowest BCUT2D eigenvalue weighted by molar-refractivity contribution is -0.141. The summed E-state index contributed by atoms with van der Waals surface area (Å²) in [5.74, 6) is -1.12. The Balaban J connectivity index is 2.43. The van der Waals surface area contributed by atoms with Crippen molar-refractivity contribution in [3.63, 3.8) is 0 Å². The van der Waals surface area contributed by atoms with E-state index in [1.807, 2.05) is 6.07 Å². The van der Waals surface area contributed by atoms with Crippen LogP contribution in [0.15, 0.2) is 28.7 Å². The second-order valence-corrected chi connectivity index (χ2v) is 8.27. The molecule has 7 heteroatoms. The van der Waals surface area contributed by atoms with Gasteiger partial charge in [-0.05, 0) is 37.5 Å². The van der Waals surface area contributed by atoms with Gasteiger partial charge in [-0.3, -0.25) is 0 Å². The maximum absolute atomic E-state index is 11.9. The van der Waals surface area contributed by atoms with Gasteiger partial charge in [-0.15, -0.1) is 0 Å². The average Bonchev–Trinajstić information content (AvgIpc) is 2.73. The summed E-state index contributed by atoms with van der Waals surface area (Å²) < 4.78 is 24.6. The first kappa shape index (κ1) is 15.3. The number of benzene rings is 1. The first-order valence-corrected chi connectivity index (χ1v) is 8.96. The van der Waals surface area contributed by atoms with Gasteiger partial charge >= 0.3 is 5.97 Å². The van der Waals surface area contributed by atoms with Gasteiger partial charge in [-0.1, -0.05) is 22.0 Å². The Morgan fingerprint density at radius 1 is 1.50 bits per heavy atom. The van der Waals surface area contributed by atoms with Crippen LogP contribution < -0.4 is 5.32 Å². The van der Waals surface area contributed by atoms with E-state index in [1.165, 1.54) is 0 Å². The van der Waals surface area contributed by atoms with E-state index in [1.54, 1.807) is 18.2 Å². The number of nitrogens with one attached hydrogen (secondary N) is 1. The smallest absolute Gasteiger partial charge is 0.330 e. The normalized spacial score (nSPS) is 26.4. The van der Waals surface area contributed by atoms with Crippen molar-refractivity contribution < 1.29 is 18.3 Å². The van der Waals surface area contributed by atoms with Crippen LogP contribution in [0.2, 0.25) is 0 Å². The summed E-state index contributed by atoms with van der Waals surface area (Å²) in [4.78, 5) is 11.7. The summed E-state index contributed by atoms with van der Waals surface area (Å²) in [6, 6.07) is 7.06. The van der Waals surface area contributed by atoms with Crippen LogP contribution in [-0.4, -0.2) is 36.5 Å². The fourth-order valence-electron chi connectivity index (χ4n) is 2.82. The van der Waals surface area contributed by atoms with Crippen LogP contribution in [0.1, 0.15) is 19.3 Å². The standard InChI is InChI=1S/C13H16BrNO4S/c1-20(18,19)11-6-3-7-13(11,12(16)17)15-10-5-2-4-9(14)8-10/h2,4-5,8,11,15H,3,6-7H2,1H3,(H,16,17). The van der Waals surface area contributed by atoms with Crippen molar-refractivity contribution in [2.24, 2.45) is 0 Å². The fraction of sp³-hybridized carbons (Fsp3) is 0.462. The van der Waals surface area contributed by atoms with Gasteiger partial charge in [-0.25, -0.2) is 13.2 Å². The maximum atomic E-state index is 11.9. The first-order chi connectivity index (χ1) is 9.25. The molecule has 20 heavy (non-hydrogen) atoms. The molecule has 1 aromatic rings. The van der Waals surface area contributed by atoms with Crippen molar-refractivity contribution in [1.29, 1.82) is 0 Å². The zero-order valence-corrected chi connectivity index (χ0v) is 13.4. The van der Waals surface area contributed by atoms with Crippen LogP contribution in [0.3, 0.4) is 0 Å². The zero-order chi connectivity index (χ0) is 15.0. The van der Waals surface area contributed by atoms with E-state index in [0.717, 1.165) is 10.7 Å². The molecule has 1 fully saturated rings. The topological polar surface area (TPSA) is 83.5 Å². The van der Waals surface area contributed by atoms with Crippen LogP contribution in [0.25, 0.3) is 0 Å². The minimum atomic E-state index is -3.44. The molecule has 0 amide bonds. The van der Waals surface area contributed by atoms with Crippen molar-refractivity contribution in [1.82, 2.24) is 0 Å². The maximum Gasteiger partial charge on any atom is 0.330 e. The summed E-state index contributed by atoms with van der Waals surface area (Å²) in [7, 11) is -3.44. The van der Waals surface area contributed by atoms with Crippen molar-refractivity contribution in [2.75, 3.05) is 11.6 Å². The molecular formula is C13H16BrNO4S. The van der Waals surface area contributed by atoms with Crippen molar-refractivity contribution >= 4 is 37.4 Å². The minimum absolute atomic E-state index is 0.298. The van der Waals surface area contributed by atoms with Gasteiger partial charge in [0.2, 0.25) is 0 Å². The number of halogens is 1. The molecule has 0 aromatic heterocycles. The Morgan fingerprint density at radius 2 is 2.20 bits per heavy atom. The van der Waals surface area contributed by atoms with Gasteiger partial charge in [0.15, 0.2) is 15.4 Å². The Kier molecular flexibility index (Phi) is 4.11. The van der Waals surface area contributed by atoms with Crippen LogP contribution in [-0.2, 0) is 14.6 Å². The van der Waals surface area contributed by atoms with E-state index in [-0.39, 0.29) is 0 Å². The Labute approximate surface area is 126 Å². The van der Waals surface area contributed by atoms with Crippen molar-refractivity contribution in [3.05, 3.63) is 28.7 Å². The summed E-state index contributed by atoms with van der Waals surface area (Å²) in [6.45, 7) is 0. The summed E-state index contributed by atoms with van der Waals surface area (Å²) in [5, 5.41) is 11.6. The molecule has 2 rings (SSSR count). The third kappa shape index (κ3) is 2.83. The molecule has 1 aliphatic rings. The largest absolute Gasteiger partial charge is 0.479 e. The van der Waals surface area contributed by atoms with Crippen LogP contribution in [0.5, 0.6) is 0 Å². The van der Waals surface area contributed by atoms with Crippen LogP contribution >= 0.6 is 15.9 Å². The number of hydrogen-bond acceptors (Lipinski definition) is 4. The Hall–Kier alpha value is -1.08. The fourth-order valence-corrected chi connectivity index (χ4v) is 4.82. The molecule has 5 nitrogen and oxygen atoms in total. The highest BCUT2D eigenvalue weighted by atomic mass is 79.9. The second kappa shape index (κ2) is 5.37. The zero-order valence-electron chi connectivity index (χ0n) is 11.0. The molecule has 1 aliphatic carbocycles. The molecule has 0 bridgehead atoms.